The van der Waals surface area contributed by atoms with Gasteiger partial charge in [0, 0.05) is 42.0 Å². The molecule has 0 aliphatic carbocycles. The molecule has 37 heavy (non-hydrogen) atoms. The lowest BCUT2D eigenvalue weighted by Crippen LogP contribution is -2.42. The summed E-state index contributed by atoms with van der Waals surface area (Å²) >= 11 is 0. The number of carbonyl (C=O) groups is 2. The first-order valence-electron chi connectivity index (χ1n) is 11.5. The molecule has 1 aliphatic rings. The summed E-state index contributed by atoms with van der Waals surface area (Å²) in [5, 5.41) is 0.366. The Bertz CT molecular complexity index is 1570. The molecule has 7 nitrogen and oxygen atoms in total. The summed E-state index contributed by atoms with van der Waals surface area (Å²) in [6.45, 7) is 1.73. The SMILES string of the molecule is Cc1ccc(-c2cnc3[nH]cc(C(=O)c4c(F)ccc(N[SH](=O)(C=O)N5CC[C@@H](F)C5)c4F)c3c2)cc1. The van der Waals surface area contributed by atoms with Crippen molar-refractivity contribution in [2.24, 2.45) is 0 Å². The molecular formula is C26H23F3N4O3S. The van der Waals surface area contributed by atoms with Crippen molar-refractivity contribution < 1.29 is 27.0 Å². The van der Waals surface area contributed by atoms with Crippen LogP contribution in [0, 0.1) is 18.6 Å². The summed E-state index contributed by atoms with van der Waals surface area (Å²) in [5.41, 5.74) is 1.70. The van der Waals surface area contributed by atoms with Crippen LogP contribution in [0.5, 0.6) is 0 Å². The zero-order chi connectivity index (χ0) is 26.3. The Labute approximate surface area is 211 Å². The fourth-order valence-electron chi connectivity index (χ4n) is 4.38. The maximum Gasteiger partial charge on any atom is 0.212 e. The van der Waals surface area contributed by atoms with E-state index in [4.69, 9.17) is 0 Å². The smallest absolute Gasteiger partial charge is 0.212 e. The molecule has 1 aliphatic heterocycles. The topological polar surface area (TPSA) is 95.2 Å². The van der Waals surface area contributed by atoms with Gasteiger partial charge < -0.3 is 9.71 Å². The van der Waals surface area contributed by atoms with Gasteiger partial charge in [0.25, 0.3) is 0 Å². The minimum atomic E-state index is -4.07. The second-order valence-electron chi connectivity index (χ2n) is 8.94. The fourth-order valence-corrected chi connectivity index (χ4v) is 6.06. The largest absolute Gasteiger partial charge is 0.345 e. The molecule has 1 saturated heterocycles. The van der Waals surface area contributed by atoms with Crippen LogP contribution in [-0.4, -0.2) is 49.1 Å². The lowest BCUT2D eigenvalue weighted by molar-refractivity contribution is 0.103. The molecule has 2 aromatic carbocycles. The predicted octanol–water partition coefficient (Wildman–Crippen LogP) is 4.54. The molecule has 5 rings (SSSR count). The Balaban J connectivity index is 1.53. The lowest BCUT2D eigenvalue weighted by Gasteiger charge is -2.30. The Kier molecular flexibility index (Phi) is 6.42. The summed E-state index contributed by atoms with van der Waals surface area (Å²) < 4.78 is 60.5. The van der Waals surface area contributed by atoms with E-state index in [9.17, 15) is 22.6 Å². The number of fused-ring (bicyclic) bond motifs is 1. The highest BCUT2D eigenvalue weighted by molar-refractivity contribution is 8.14. The minimum Gasteiger partial charge on any atom is -0.345 e. The molecule has 0 amide bonds. The number of nitrogens with zero attached hydrogens (tertiary/aromatic N) is 2. The van der Waals surface area contributed by atoms with Gasteiger partial charge in [-0.05, 0) is 37.1 Å². The van der Waals surface area contributed by atoms with E-state index in [2.05, 4.69) is 14.7 Å². The average molecular weight is 529 g/mol. The van der Waals surface area contributed by atoms with Crippen LogP contribution in [0.15, 0.2) is 54.9 Å². The summed E-state index contributed by atoms with van der Waals surface area (Å²) in [5.74, 6) is -3.39. The van der Waals surface area contributed by atoms with E-state index >= 15 is 4.39 Å². The fraction of sp³-hybridized carbons (Fsp3) is 0.192. The number of rotatable bonds is 7. The summed E-state index contributed by atoms with van der Waals surface area (Å²) in [6, 6.07) is 11.2. The van der Waals surface area contributed by atoms with Crippen molar-refractivity contribution in [3.05, 3.63) is 83.2 Å². The standard InChI is InChI=1S/C26H23F3N4O3S/c1-15-2-4-16(5-3-15)17-10-19-20(12-31-26(19)30-11-17)25(35)23-21(28)6-7-22(24(23)29)32-37(36,14-34)33-9-8-18(27)13-33/h2-7,10-12,14,18,37H,8-9,13H2,1H3,(H,30,31)(H,32,36)/t18-/m1/s1. The van der Waals surface area contributed by atoms with Crippen LogP contribution in [0.4, 0.5) is 18.9 Å². The normalized spacial score (nSPS) is 16.7. The number of aryl methyl sites for hydroxylation is 1. The van der Waals surface area contributed by atoms with E-state index < -0.39 is 45.1 Å². The first-order chi connectivity index (χ1) is 17.7. The van der Waals surface area contributed by atoms with Crippen molar-refractivity contribution in [2.45, 2.75) is 19.5 Å². The van der Waals surface area contributed by atoms with Crippen LogP contribution in [-0.2, 0) is 15.1 Å². The first kappa shape index (κ1) is 24.8. The van der Waals surface area contributed by atoms with Gasteiger partial charge in [-0.25, -0.2) is 26.7 Å². The molecule has 4 aromatic rings. The number of pyridine rings is 1. The third-order valence-electron chi connectivity index (χ3n) is 6.43. The van der Waals surface area contributed by atoms with Gasteiger partial charge in [0.1, 0.15) is 17.6 Å². The van der Waals surface area contributed by atoms with Gasteiger partial charge in [0.2, 0.25) is 11.4 Å². The molecular weight excluding hydrogens is 505 g/mol. The van der Waals surface area contributed by atoms with Gasteiger partial charge >= 0.3 is 0 Å². The van der Waals surface area contributed by atoms with Crippen molar-refractivity contribution >= 4 is 38.4 Å². The molecule has 1 atom stereocenters. The van der Waals surface area contributed by atoms with Gasteiger partial charge in [0.15, 0.2) is 5.82 Å². The van der Waals surface area contributed by atoms with Crippen LogP contribution in [0.1, 0.15) is 27.9 Å². The van der Waals surface area contributed by atoms with E-state index in [1.807, 2.05) is 31.2 Å². The molecule has 0 bridgehead atoms. The average Bonchev–Trinajstić information content (AvgIpc) is 3.52. The highest BCUT2D eigenvalue weighted by Gasteiger charge is 2.33. The maximum absolute atomic E-state index is 15.5. The first-order valence-corrected chi connectivity index (χ1v) is 13.2. The summed E-state index contributed by atoms with van der Waals surface area (Å²) in [6.07, 6.45) is 1.75. The van der Waals surface area contributed by atoms with Crippen molar-refractivity contribution in [1.29, 1.82) is 0 Å². The number of carbonyl (C=O) groups excluding carboxylic acids is 2. The number of H-pyrrole nitrogens is 1. The number of aromatic nitrogens is 2. The van der Waals surface area contributed by atoms with E-state index in [-0.39, 0.29) is 30.7 Å². The Morgan fingerprint density at radius 1 is 1.19 bits per heavy atom. The van der Waals surface area contributed by atoms with E-state index in [0.29, 0.717) is 16.6 Å². The number of ketones is 1. The molecule has 0 saturated carbocycles. The number of anilines is 1. The molecule has 3 heterocycles. The van der Waals surface area contributed by atoms with Gasteiger partial charge in [-0.1, -0.05) is 29.8 Å². The van der Waals surface area contributed by atoms with Crippen LogP contribution < -0.4 is 4.72 Å². The van der Waals surface area contributed by atoms with Crippen LogP contribution in [0.3, 0.4) is 0 Å². The molecule has 0 radical (unpaired) electrons. The Hall–Kier alpha value is -3.83. The monoisotopic (exact) mass is 528 g/mol. The number of alkyl halides is 1. The lowest BCUT2D eigenvalue weighted by atomic mass is 9.99. The summed E-state index contributed by atoms with van der Waals surface area (Å²) in [4.78, 5) is 32.2. The number of nitrogens with one attached hydrogen (secondary N) is 2. The zero-order valence-corrected chi connectivity index (χ0v) is 20.6. The maximum atomic E-state index is 15.5. The van der Waals surface area contributed by atoms with Crippen molar-refractivity contribution in [3.63, 3.8) is 0 Å². The van der Waals surface area contributed by atoms with E-state index in [1.165, 1.54) is 6.20 Å². The van der Waals surface area contributed by atoms with Gasteiger partial charge in [0.05, 0.1) is 21.6 Å². The van der Waals surface area contributed by atoms with Gasteiger partial charge in [-0.2, -0.15) is 0 Å². The van der Waals surface area contributed by atoms with Gasteiger partial charge in [-0.3, -0.25) is 9.59 Å². The van der Waals surface area contributed by atoms with E-state index in [0.717, 1.165) is 27.6 Å². The third kappa shape index (κ3) is 4.56. The van der Waals surface area contributed by atoms with Crippen LogP contribution in [0.25, 0.3) is 22.2 Å². The Morgan fingerprint density at radius 2 is 1.95 bits per heavy atom. The molecule has 192 valence electrons. The molecule has 0 spiro atoms. The second kappa shape index (κ2) is 9.56. The predicted molar refractivity (Wildman–Crippen MR) is 137 cm³/mol. The van der Waals surface area contributed by atoms with Crippen molar-refractivity contribution in [1.82, 2.24) is 14.3 Å². The number of benzene rings is 2. The second-order valence-corrected chi connectivity index (χ2v) is 11.2. The molecule has 11 heteroatoms. The number of thiol groups is 1. The highest BCUT2D eigenvalue weighted by atomic mass is 32.3. The van der Waals surface area contributed by atoms with Crippen LogP contribution in [0.2, 0.25) is 0 Å². The number of aromatic amines is 1. The third-order valence-corrected chi connectivity index (χ3v) is 8.48. The van der Waals surface area contributed by atoms with E-state index in [1.54, 1.807) is 12.3 Å². The quantitative estimate of drug-likeness (QED) is 0.187. The molecule has 0 unspecified atom stereocenters. The van der Waals surface area contributed by atoms with Crippen molar-refractivity contribution in [2.75, 3.05) is 17.8 Å². The zero-order valence-electron chi connectivity index (χ0n) is 19.7. The highest BCUT2D eigenvalue weighted by Crippen LogP contribution is 2.31. The van der Waals surface area contributed by atoms with Crippen molar-refractivity contribution in [3.8, 4) is 11.1 Å². The number of halogens is 3. The van der Waals surface area contributed by atoms with Crippen LogP contribution >= 0.6 is 0 Å². The molecule has 2 aromatic heterocycles. The number of hydrogen-bond acceptors (Lipinski definition) is 4. The molecule has 2 N–H and O–H groups in total. The number of hydrogen-bond donors (Lipinski definition) is 3. The summed E-state index contributed by atoms with van der Waals surface area (Å²) in [7, 11) is -4.07. The Morgan fingerprint density at radius 3 is 2.62 bits per heavy atom. The molecule has 1 fully saturated rings. The minimum absolute atomic E-state index is 0.00945. The van der Waals surface area contributed by atoms with Gasteiger partial charge in [-0.15, -0.1) is 0 Å².